The van der Waals surface area contributed by atoms with E-state index in [9.17, 15) is 19.1 Å². The molecule has 7 rings (SSSR count). The van der Waals surface area contributed by atoms with E-state index in [-0.39, 0.29) is 21.1 Å². The zero-order chi connectivity index (χ0) is 26.8. The van der Waals surface area contributed by atoms with Gasteiger partial charge in [0.2, 0.25) is 0 Å². The Kier molecular flexibility index (Phi) is 5.40. The van der Waals surface area contributed by atoms with Gasteiger partial charge in [0.15, 0.2) is 16.9 Å². The number of pyridine rings is 1. The Morgan fingerprint density at radius 3 is 2.62 bits per heavy atom. The van der Waals surface area contributed by atoms with E-state index in [1.54, 1.807) is 18.2 Å². The van der Waals surface area contributed by atoms with Gasteiger partial charge in [-0.25, -0.2) is 14.2 Å². The van der Waals surface area contributed by atoms with Crippen LogP contribution < -0.4 is 11.2 Å². The van der Waals surface area contributed by atoms with Crippen LogP contribution in [0, 0.1) is 5.82 Å². The van der Waals surface area contributed by atoms with Gasteiger partial charge in [-0.1, -0.05) is 35.9 Å². The van der Waals surface area contributed by atoms with E-state index < -0.39 is 22.8 Å². The molecule has 10 heteroatoms. The second kappa shape index (κ2) is 8.86. The highest BCUT2D eigenvalue weighted by Gasteiger charge is 2.30. The lowest BCUT2D eigenvalue weighted by Gasteiger charge is -2.25. The molecule has 0 saturated carbocycles. The number of halogens is 2. The lowest BCUT2D eigenvalue weighted by atomic mass is 9.87. The van der Waals surface area contributed by atoms with Crippen molar-refractivity contribution < 1.29 is 18.3 Å². The first kappa shape index (κ1) is 23.8. The van der Waals surface area contributed by atoms with Crippen LogP contribution >= 0.6 is 23.4 Å². The number of rotatable bonds is 3. The van der Waals surface area contributed by atoms with Gasteiger partial charge in [0.1, 0.15) is 21.6 Å². The average molecular weight is 559 g/mol. The summed E-state index contributed by atoms with van der Waals surface area (Å²) >= 11 is 6.78. The number of fused-ring (bicyclic) bond motifs is 6. The molecule has 3 aromatic heterocycles. The third-order valence-corrected chi connectivity index (χ3v) is 7.93. The van der Waals surface area contributed by atoms with Gasteiger partial charge in [0, 0.05) is 27.9 Å². The highest BCUT2D eigenvalue weighted by Crippen LogP contribution is 2.42. The fourth-order valence-electron chi connectivity index (χ4n) is 5.05. The largest absolute Gasteiger partial charge is 0.505 e. The molecule has 39 heavy (non-hydrogen) atoms. The van der Waals surface area contributed by atoms with E-state index in [0.29, 0.717) is 45.9 Å². The number of aromatic nitrogens is 2. The van der Waals surface area contributed by atoms with Gasteiger partial charge in [0.25, 0.3) is 10.8 Å². The summed E-state index contributed by atoms with van der Waals surface area (Å²) in [6.45, 7) is 0. The summed E-state index contributed by atoms with van der Waals surface area (Å²) in [6, 6.07) is 18.1. The van der Waals surface area contributed by atoms with Crippen molar-refractivity contribution >= 4 is 45.4 Å². The molecule has 1 aliphatic carbocycles. The summed E-state index contributed by atoms with van der Waals surface area (Å²) < 4.78 is 26.7. The molecule has 0 atom stereocenters. The first-order valence-corrected chi connectivity index (χ1v) is 13.1. The molecule has 0 aliphatic heterocycles. The molecule has 7 nitrogen and oxygen atoms in total. The number of aromatic hydroxyl groups is 1. The Bertz CT molecular complexity index is 2080. The highest BCUT2D eigenvalue weighted by molar-refractivity contribution is 7.99. The van der Waals surface area contributed by atoms with Gasteiger partial charge < -0.3 is 13.9 Å². The van der Waals surface area contributed by atoms with E-state index in [4.69, 9.17) is 20.4 Å². The minimum Gasteiger partial charge on any atom is -0.505 e. The number of benzene rings is 3. The topological polar surface area (TPSA) is 98.5 Å². The number of aryl methyl sites for hydroxylation is 2. The van der Waals surface area contributed by atoms with Crippen molar-refractivity contribution in [3.8, 4) is 22.7 Å². The molecule has 0 unspecified atom stereocenters. The summed E-state index contributed by atoms with van der Waals surface area (Å²) in [5.41, 5.74) is 2.88. The third-order valence-electron chi connectivity index (χ3n) is 6.78. The summed E-state index contributed by atoms with van der Waals surface area (Å²) in [4.78, 5) is 31.4. The molecule has 192 valence electrons. The van der Waals surface area contributed by atoms with E-state index >= 15 is 0 Å². The Hall–Kier alpha value is -4.34. The Morgan fingerprint density at radius 1 is 1.00 bits per heavy atom. The van der Waals surface area contributed by atoms with Crippen molar-refractivity contribution in [3.05, 3.63) is 109 Å². The van der Waals surface area contributed by atoms with Crippen molar-refractivity contribution in [2.24, 2.45) is 0 Å². The van der Waals surface area contributed by atoms with Crippen LogP contribution in [-0.2, 0) is 12.8 Å². The molecule has 0 amide bonds. The molecule has 0 bridgehead atoms. The van der Waals surface area contributed by atoms with Gasteiger partial charge >= 0.3 is 5.63 Å². The van der Waals surface area contributed by atoms with Crippen LogP contribution in [0.5, 0.6) is 5.75 Å². The van der Waals surface area contributed by atoms with E-state index in [1.807, 2.05) is 24.3 Å². The zero-order valence-corrected chi connectivity index (χ0v) is 21.5. The monoisotopic (exact) mass is 558 g/mol. The molecule has 3 heterocycles. The summed E-state index contributed by atoms with van der Waals surface area (Å²) in [5.74, 6) is -0.983. The molecule has 3 aromatic carbocycles. The highest BCUT2D eigenvalue weighted by atomic mass is 35.5. The van der Waals surface area contributed by atoms with Gasteiger partial charge in [-0.05, 0) is 66.6 Å². The lowest BCUT2D eigenvalue weighted by molar-refractivity contribution is 0.442. The quantitative estimate of drug-likeness (QED) is 0.265. The normalized spacial score (nSPS) is 12.6. The van der Waals surface area contributed by atoms with Crippen molar-refractivity contribution in [3.63, 3.8) is 0 Å². The maximum Gasteiger partial charge on any atom is 0.354 e. The first-order chi connectivity index (χ1) is 18.9. The van der Waals surface area contributed by atoms with Crippen molar-refractivity contribution in [1.29, 1.82) is 0 Å². The second-order valence-corrected chi connectivity index (χ2v) is 10.5. The van der Waals surface area contributed by atoms with E-state index in [1.165, 1.54) is 28.8 Å². The van der Waals surface area contributed by atoms with E-state index in [2.05, 4.69) is 4.98 Å². The molecule has 0 saturated heterocycles. The van der Waals surface area contributed by atoms with Crippen molar-refractivity contribution in [1.82, 2.24) is 9.55 Å². The smallest absolute Gasteiger partial charge is 0.354 e. The summed E-state index contributed by atoms with van der Waals surface area (Å²) in [6.07, 6.45) is 1.11. The Balaban J connectivity index is 1.51. The fraction of sp³-hybridized carbons (Fsp3) is 0.0690. The minimum atomic E-state index is -0.828. The second-order valence-electron chi connectivity index (χ2n) is 9.07. The molecular formula is C29H16ClFN2O5S. The maximum atomic E-state index is 14.1. The lowest BCUT2D eigenvalue weighted by Crippen LogP contribution is -2.25. The molecule has 0 spiro atoms. The van der Waals surface area contributed by atoms with Gasteiger partial charge in [0.05, 0.1) is 5.69 Å². The van der Waals surface area contributed by atoms with E-state index in [0.717, 1.165) is 22.9 Å². The van der Waals surface area contributed by atoms with Crippen LogP contribution in [-0.4, -0.2) is 14.7 Å². The molecular weight excluding hydrogens is 543 g/mol. The Labute approximate surface area is 228 Å². The summed E-state index contributed by atoms with van der Waals surface area (Å²) in [5, 5.41) is 11.7. The standard InChI is InChI=1S/C29H16ClFN2O5S/c30-15-6-12-20-21(13-15)37-29(32-20)39-26-24(34)22-25(38-28(26)36)19-11-5-14-3-1-2-4-18(14)23(19)33(27(22)35)17-9-7-16(31)8-10-17/h1-4,6-10,12-13,34H,5,11H2. The van der Waals surface area contributed by atoms with Crippen LogP contribution in [0.1, 0.15) is 11.1 Å². The van der Waals surface area contributed by atoms with Crippen molar-refractivity contribution in [2.45, 2.75) is 23.0 Å². The first-order valence-electron chi connectivity index (χ1n) is 11.9. The number of nitrogens with zero attached hydrogens (tertiary/aromatic N) is 2. The van der Waals surface area contributed by atoms with Gasteiger partial charge in [-0.2, -0.15) is 0 Å². The van der Waals surface area contributed by atoms with Crippen LogP contribution in [0.15, 0.2) is 95.3 Å². The minimum absolute atomic E-state index is 0.0269. The maximum absolute atomic E-state index is 14.1. The predicted molar refractivity (Wildman–Crippen MR) is 146 cm³/mol. The fourth-order valence-corrected chi connectivity index (χ4v) is 5.99. The number of hydrogen-bond acceptors (Lipinski definition) is 7. The van der Waals surface area contributed by atoms with Crippen LogP contribution in [0.2, 0.25) is 5.02 Å². The number of hydrogen-bond donors (Lipinski definition) is 1. The van der Waals surface area contributed by atoms with Crippen LogP contribution in [0.3, 0.4) is 0 Å². The third kappa shape index (κ3) is 3.77. The van der Waals surface area contributed by atoms with Crippen LogP contribution in [0.4, 0.5) is 4.39 Å². The van der Waals surface area contributed by atoms with Gasteiger partial charge in [-0.3, -0.25) is 9.36 Å². The molecule has 0 fully saturated rings. The van der Waals surface area contributed by atoms with Crippen molar-refractivity contribution in [2.75, 3.05) is 0 Å². The molecule has 6 aromatic rings. The number of oxazole rings is 1. The molecule has 1 N–H and O–H groups in total. The Morgan fingerprint density at radius 2 is 1.79 bits per heavy atom. The SMILES string of the molecule is O=c1oc2c3c(n(-c4ccc(F)cc4)c(=O)c2c(O)c1Sc1nc2ccc(Cl)cc2o1)-c1ccccc1CC3. The average Bonchev–Trinajstić information content (AvgIpc) is 3.33. The summed E-state index contributed by atoms with van der Waals surface area (Å²) in [7, 11) is 0. The van der Waals surface area contributed by atoms with Gasteiger partial charge in [-0.15, -0.1) is 0 Å². The molecule has 1 aliphatic rings. The molecule has 0 radical (unpaired) electrons. The zero-order valence-electron chi connectivity index (χ0n) is 19.9. The predicted octanol–water partition coefficient (Wildman–Crippen LogP) is 6.50. The van der Waals surface area contributed by atoms with Crippen LogP contribution in [0.25, 0.3) is 39.0 Å².